The fraction of sp³-hybridized carbons (Fsp3) is 0.348. The molecule has 0 spiro atoms. The molecule has 0 heterocycles. The SMILES string of the molecule is O=C(CNC(=O)c1cccc(C(F)(F)F)c1)N[C@H]1CCCC[C@H]1NC(=O)c1ccccc1. The Morgan fingerprint density at radius 1 is 0.812 bits per heavy atom. The number of amides is 3. The maximum Gasteiger partial charge on any atom is 0.416 e. The van der Waals surface area contributed by atoms with E-state index in [4.69, 9.17) is 0 Å². The van der Waals surface area contributed by atoms with Crippen molar-refractivity contribution in [2.24, 2.45) is 0 Å². The number of carbonyl (C=O) groups is 3. The van der Waals surface area contributed by atoms with Gasteiger partial charge in [0.1, 0.15) is 0 Å². The van der Waals surface area contributed by atoms with Crippen LogP contribution in [0.25, 0.3) is 0 Å². The predicted molar refractivity (Wildman–Crippen MR) is 112 cm³/mol. The number of rotatable bonds is 6. The Hall–Kier alpha value is -3.36. The van der Waals surface area contributed by atoms with Gasteiger partial charge in [-0.05, 0) is 43.2 Å². The summed E-state index contributed by atoms with van der Waals surface area (Å²) < 4.78 is 38.4. The van der Waals surface area contributed by atoms with E-state index in [1.165, 1.54) is 6.07 Å². The zero-order chi connectivity index (χ0) is 23.1. The summed E-state index contributed by atoms with van der Waals surface area (Å²) in [5.41, 5.74) is -0.594. The Morgan fingerprint density at radius 2 is 1.44 bits per heavy atom. The zero-order valence-corrected chi connectivity index (χ0v) is 17.2. The average molecular weight is 447 g/mol. The highest BCUT2D eigenvalue weighted by atomic mass is 19.4. The van der Waals surface area contributed by atoms with Crippen molar-refractivity contribution in [3.8, 4) is 0 Å². The summed E-state index contributed by atoms with van der Waals surface area (Å²) in [7, 11) is 0. The van der Waals surface area contributed by atoms with Gasteiger partial charge in [0.15, 0.2) is 0 Å². The third-order valence-electron chi connectivity index (χ3n) is 5.33. The first kappa shape index (κ1) is 23.3. The summed E-state index contributed by atoms with van der Waals surface area (Å²) in [5, 5.41) is 8.12. The molecule has 1 fully saturated rings. The molecule has 6 nitrogen and oxygen atoms in total. The van der Waals surface area contributed by atoms with Gasteiger partial charge in [-0.15, -0.1) is 0 Å². The van der Waals surface area contributed by atoms with Gasteiger partial charge in [-0.25, -0.2) is 0 Å². The first-order valence-electron chi connectivity index (χ1n) is 10.3. The molecular weight excluding hydrogens is 423 g/mol. The fourth-order valence-corrected chi connectivity index (χ4v) is 3.67. The minimum absolute atomic E-state index is 0.182. The Balaban J connectivity index is 1.54. The molecule has 1 aliphatic rings. The van der Waals surface area contributed by atoms with Gasteiger partial charge in [0.05, 0.1) is 12.1 Å². The van der Waals surface area contributed by atoms with Crippen LogP contribution in [-0.4, -0.2) is 36.3 Å². The quantitative estimate of drug-likeness (QED) is 0.635. The number of alkyl halides is 3. The van der Waals surface area contributed by atoms with E-state index in [0.717, 1.165) is 31.0 Å². The first-order valence-corrected chi connectivity index (χ1v) is 10.3. The van der Waals surface area contributed by atoms with Crippen LogP contribution in [0.15, 0.2) is 54.6 Å². The van der Waals surface area contributed by atoms with Crippen molar-refractivity contribution in [1.29, 1.82) is 0 Å². The average Bonchev–Trinajstić information content (AvgIpc) is 2.79. The van der Waals surface area contributed by atoms with Crippen LogP contribution in [0.3, 0.4) is 0 Å². The number of benzene rings is 2. The normalized spacial score (nSPS) is 18.5. The fourth-order valence-electron chi connectivity index (χ4n) is 3.67. The van der Waals surface area contributed by atoms with Crippen molar-refractivity contribution in [3.63, 3.8) is 0 Å². The van der Waals surface area contributed by atoms with Crippen LogP contribution in [0.1, 0.15) is 52.0 Å². The molecule has 0 saturated heterocycles. The van der Waals surface area contributed by atoms with Crippen LogP contribution in [0.2, 0.25) is 0 Å². The minimum atomic E-state index is -4.56. The molecule has 2 atom stereocenters. The van der Waals surface area contributed by atoms with Crippen molar-refractivity contribution in [2.75, 3.05) is 6.54 Å². The van der Waals surface area contributed by atoms with Gasteiger partial charge >= 0.3 is 6.18 Å². The molecule has 170 valence electrons. The van der Waals surface area contributed by atoms with E-state index in [1.807, 2.05) is 6.07 Å². The summed E-state index contributed by atoms with van der Waals surface area (Å²) >= 11 is 0. The number of hydrogen-bond donors (Lipinski definition) is 3. The van der Waals surface area contributed by atoms with Crippen LogP contribution in [0, 0.1) is 0 Å². The Labute approximate surface area is 183 Å². The van der Waals surface area contributed by atoms with Crippen LogP contribution >= 0.6 is 0 Å². The molecule has 1 saturated carbocycles. The molecule has 9 heteroatoms. The largest absolute Gasteiger partial charge is 0.416 e. The Morgan fingerprint density at radius 3 is 2.09 bits per heavy atom. The lowest BCUT2D eigenvalue weighted by Crippen LogP contribution is -2.54. The van der Waals surface area contributed by atoms with Gasteiger partial charge in [0, 0.05) is 23.2 Å². The van der Waals surface area contributed by atoms with Gasteiger partial charge in [-0.1, -0.05) is 37.1 Å². The molecule has 2 aromatic carbocycles. The van der Waals surface area contributed by atoms with E-state index in [-0.39, 0.29) is 30.1 Å². The highest BCUT2D eigenvalue weighted by Gasteiger charge is 2.31. The molecule has 0 radical (unpaired) electrons. The second-order valence-corrected chi connectivity index (χ2v) is 7.67. The van der Waals surface area contributed by atoms with Crippen molar-refractivity contribution in [3.05, 3.63) is 71.3 Å². The van der Waals surface area contributed by atoms with Gasteiger partial charge in [0.2, 0.25) is 5.91 Å². The van der Waals surface area contributed by atoms with Crippen LogP contribution in [0.5, 0.6) is 0 Å². The summed E-state index contributed by atoms with van der Waals surface area (Å²) in [6.07, 6.45) is -1.38. The standard InChI is InChI=1S/C23H24F3N3O3/c24-23(25,26)17-10-6-9-16(13-17)21(31)27-14-20(30)28-18-11-4-5-12-19(18)29-22(32)15-7-2-1-3-8-15/h1-3,6-10,13,18-19H,4-5,11-12,14H2,(H,27,31)(H,28,30)(H,29,32)/t18-,19+/m0/s1. The third-order valence-corrected chi connectivity index (χ3v) is 5.33. The van der Waals surface area contributed by atoms with Crippen LogP contribution in [0.4, 0.5) is 13.2 Å². The topological polar surface area (TPSA) is 87.3 Å². The second-order valence-electron chi connectivity index (χ2n) is 7.67. The summed E-state index contributed by atoms with van der Waals surface area (Å²) in [5.74, 6) is -1.48. The monoisotopic (exact) mass is 447 g/mol. The molecule has 2 aromatic rings. The molecule has 32 heavy (non-hydrogen) atoms. The van der Waals surface area contributed by atoms with E-state index in [1.54, 1.807) is 24.3 Å². The van der Waals surface area contributed by atoms with Crippen molar-refractivity contribution < 1.29 is 27.6 Å². The molecule has 3 amide bonds. The van der Waals surface area contributed by atoms with Crippen LogP contribution < -0.4 is 16.0 Å². The Kier molecular flexibility index (Phi) is 7.50. The van der Waals surface area contributed by atoms with E-state index in [2.05, 4.69) is 16.0 Å². The lowest BCUT2D eigenvalue weighted by molar-refractivity contribution is -0.137. The lowest BCUT2D eigenvalue weighted by Gasteiger charge is -2.32. The summed E-state index contributed by atoms with van der Waals surface area (Å²) in [6, 6.07) is 12.2. The van der Waals surface area contributed by atoms with Crippen molar-refractivity contribution >= 4 is 17.7 Å². The number of halogens is 3. The van der Waals surface area contributed by atoms with E-state index >= 15 is 0 Å². The number of nitrogens with one attached hydrogen (secondary N) is 3. The van der Waals surface area contributed by atoms with Crippen LogP contribution in [-0.2, 0) is 11.0 Å². The highest BCUT2D eigenvalue weighted by molar-refractivity contribution is 5.97. The van der Waals surface area contributed by atoms with Gasteiger partial charge in [-0.2, -0.15) is 13.2 Å². The second kappa shape index (κ2) is 10.3. The molecule has 3 rings (SSSR count). The molecule has 0 unspecified atom stereocenters. The predicted octanol–water partition coefficient (Wildman–Crippen LogP) is 3.29. The highest BCUT2D eigenvalue weighted by Crippen LogP contribution is 2.29. The maximum atomic E-state index is 12.8. The van der Waals surface area contributed by atoms with Gasteiger partial charge < -0.3 is 16.0 Å². The van der Waals surface area contributed by atoms with Gasteiger partial charge in [-0.3, -0.25) is 14.4 Å². The maximum absolute atomic E-state index is 12.8. The summed E-state index contributed by atoms with van der Waals surface area (Å²) in [4.78, 5) is 37.0. The van der Waals surface area contributed by atoms with Gasteiger partial charge in [0.25, 0.3) is 11.8 Å². The van der Waals surface area contributed by atoms with Crippen molar-refractivity contribution in [1.82, 2.24) is 16.0 Å². The molecular formula is C23H24F3N3O3. The molecule has 0 aromatic heterocycles. The lowest BCUT2D eigenvalue weighted by atomic mass is 9.90. The van der Waals surface area contributed by atoms with E-state index in [0.29, 0.717) is 18.4 Å². The van der Waals surface area contributed by atoms with E-state index in [9.17, 15) is 27.6 Å². The molecule has 0 aliphatic heterocycles. The zero-order valence-electron chi connectivity index (χ0n) is 17.2. The smallest absolute Gasteiger partial charge is 0.350 e. The van der Waals surface area contributed by atoms with E-state index < -0.39 is 23.6 Å². The Bertz CT molecular complexity index is 964. The molecule has 1 aliphatic carbocycles. The van der Waals surface area contributed by atoms with Crippen molar-refractivity contribution in [2.45, 2.75) is 43.9 Å². The third kappa shape index (κ3) is 6.32. The summed E-state index contributed by atoms with van der Waals surface area (Å²) in [6.45, 7) is -0.384. The minimum Gasteiger partial charge on any atom is -0.350 e. The number of carbonyl (C=O) groups excluding carboxylic acids is 3. The molecule has 3 N–H and O–H groups in total. The molecule has 0 bridgehead atoms. The first-order chi connectivity index (χ1) is 15.2. The number of hydrogen-bond acceptors (Lipinski definition) is 3.